The number of ether oxygens (including phenoxy) is 2. The van der Waals surface area contributed by atoms with Crippen molar-refractivity contribution in [2.45, 2.75) is 13.2 Å². The monoisotopic (exact) mass is 403 g/mol. The lowest BCUT2D eigenvalue weighted by Gasteiger charge is -2.14. The van der Waals surface area contributed by atoms with Crippen LogP contribution in [0.5, 0.6) is 11.6 Å². The summed E-state index contributed by atoms with van der Waals surface area (Å²) >= 11 is 0. The number of rotatable bonds is 7. The fourth-order valence-corrected chi connectivity index (χ4v) is 2.98. The first-order chi connectivity index (χ1) is 14.7. The number of pyridine rings is 1. The average molecular weight is 403 g/mol. The van der Waals surface area contributed by atoms with Crippen LogP contribution in [-0.2, 0) is 13.2 Å². The minimum Gasteiger partial charge on any atom is -0.483 e. The zero-order valence-corrected chi connectivity index (χ0v) is 16.1. The number of hydrogen-bond donors (Lipinski definition) is 0. The van der Waals surface area contributed by atoms with Crippen molar-refractivity contribution >= 4 is 0 Å². The van der Waals surface area contributed by atoms with Crippen molar-refractivity contribution in [2.75, 3.05) is 0 Å². The molecule has 0 unspecified atom stereocenters. The van der Waals surface area contributed by atoms with Crippen LogP contribution in [0.3, 0.4) is 0 Å². The van der Waals surface area contributed by atoms with Gasteiger partial charge in [0.2, 0.25) is 0 Å². The van der Waals surface area contributed by atoms with Gasteiger partial charge in [-0.25, -0.2) is 13.8 Å². The number of benzene rings is 3. The molecule has 3 aromatic carbocycles. The summed E-state index contributed by atoms with van der Waals surface area (Å²) in [6, 6.07) is 24.4. The van der Waals surface area contributed by atoms with Crippen LogP contribution < -0.4 is 9.47 Å². The quantitative estimate of drug-likeness (QED) is 0.369. The Hall–Kier alpha value is -3.73. The van der Waals surface area contributed by atoms with Crippen LogP contribution in [0.1, 0.15) is 11.1 Å². The van der Waals surface area contributed by atoms with E-state index in [2.05, 4.69) is 4.98 Å². The second-order valence-corrected chi connectivity index (χ2v) is 6.73. The molecule has 30 heavy (non-hydrogen) atoms. The first kappa shape index (κ1) is 19.6. The Morgan fingerprint density at radius 1 is 0.633 bits per heavy atom. The minimum absolute atomic E-state index is 0.311. The lowest BCUT2D eigenvalue weighted by atomic mass is 10.1. The van der Waals surface area contributed by atoms with Gasteiger partial charge < -0.3 is 9.47 Å². The topological polar surface area (TPSA) is 31.4 Å². The molecule has 4 aromatic rings. The van der Waals surface area contributed by atoms with Crippen molar-refractivity contribution in [1.29, 1.82) is 0 Å². The Kier molecular flexibility index (Phi) is 5.99. The summed E-state index contributed by atoms with van der Waals surface area (Å²) in [4.78, 5) is 4.35. The molecule has 0 bridgehead atoms. The van der Waals surface area contributed by atoms with Crippen LogP contribution in [0.2, 0.25) is 0 Å². The van der Waals surface area contributed by atoms with Crippen LogP contribution in [-0.4, -0.2) is 4.98 Å². The molecule has 0 aliphatic carbocycles. The molecule has 0 aliphatic heterocycles. The van der Waals surface area contributed by atoms with E-state index in [1.165, 1.54) is 18.3 Å². The van der Waals surface area contributed by atoms with Gasteiger partial charge in [-0.2, -0.15) is 0 Å². The Balaban J connectivity index is 1.62. The third-order valence-corrected chi connectivity index (χ3v) is 4.47. The highest BCUT2D eigenvalue weighted by molar-refractivity contribution is 5.65. The molecule has 1 heterocycles. The molecule has 3 nitrogen and oxygen atoms in total. The van der Waals surface area contributed by atoms with Gasteiger partial charge in [-0.15, -0.1) is 0 Å². The number of aromatic nitrogens is 1. The second-order valence-electron chi connectivity index (χ2n) is 6.73. The second kappa shape index (κ2) is 9.18. The van der Waals surface area contributed by atoms with E-state index in [0.29, 0.717) is 36.0 Å². The van der Waals surface area contributed by atoms with Crippen LogP contribution >= 0.6 is 0 Å². The van der Waals surface area contributed by atoms with Gasteiger partial charge in [0.15, 0.2) is 5.75 Å². The van der Waals surface area contributed by atoms with Gasteiger partial charge in [-0.1, -0.05) is 60.7 Å². The molecule has 0 saturated carbocycles. The molecular formula is C25H19F2NO2. The van der Waals surface area contributed by atoms with Gasteiger partial charge in [0.05, 0.1) is 0 Å². The first-order valence-corrected chi connectivity index (χ1v) is 9.47. The van der Waals surface area contributed by atoms with Gasteiger partial charge in [0.1, 0.15) is 24.8 Å². The smallest absolute Gasteiger partial charge is 0.257 e. The zero-order chi connectivity index (χ0) is 20.8. The fourth-order valence-electron chi connectivity index (χ4n) is 2.98. The molecule has 0 fully saturated rings. The summed E-state index contributed by atoms with van der Waals surface area (Å²) in [6.45, 7) is 0.634. The predicted molar refractivity (Wildman–Crippen MR) is 111 cm³/mol. The van der Waals surface area contributed by atoms with E-state index in [4.69, 9.17) is 9.47 Å². The van der Waals surface area contributed by atoms with E-state index in [9.17, 15) is 8.78 Å². The summed E-state index contributed by atoms with van der Waals surface area (Å²) in [6.07, 6.45) is 1.52. The molecule has 0 N–H and O–H groups in total. The van der Waals surface area contributed by atoms with E-state index in [0.717, 1.165) is 17.2 Å². The van der Waals surface area contributed by atoms with Crippen LogP contribution in [0.15, 0.2) is 91.1 Å². The number of nitrogens with zero attached hydrogens (tertiary/aromatic N) is 1. The van der Waals surface area contributed by atoms with Crippen LogP contribution in [0, 0.1) is 11.6 Å². The SMILES string of the molecule is Fc1cc(F)cc(-c2cnc(OCc3ccccc3)c(OCc3ccccc3)c2)c1. The molecule has 150 valence electrons. The minimum atomic E-state index is -0.652. The van der Waals surface area contributed by atoms with Gasteiger partial charge in [-0.05, 0) is 34.9 Å². The largest absolute Gasteiger partial charge is 0.483 e. The van der Waals surface area contributed by atoms with Crippen LogP contribution in [0.4, 0.5) is 8.78 Å². The highest BCUT2D eigenvalue weighted by Crippen LogP contribution is 2.32. The molecule has 0 atom stereocenters. The molecule has 0 amide bonds. The molecule has 0 saturated heterocycles. The molecule has 0 aliphatic rings. The third-order valence-electron chi connectivity index (χ3n) is 4.47. The number of hydrogen-bond acceptors (Lipinski definition) is 3. The fraction of sp³-hybridized carbons (Fsp3) is 0.0800. The van der Waals surface area contributed by atoms with Crippen molar-refractivity contribution < 1.29 is 18.3 Å². The van der Waals surface area contributed by atoms with E-state index < -0.39 is 11.6 Å². The first-order valence-electron chi connectivity index (χ1n) is 9.47. The maximum atomic E-state index is 13.7. The molecule has 5 heteroatoms. The molecule has 1 aromatic heterocycles. The average Bonchev–Trinajstić information content (AvgIpc) is 2.77. The van der Waals surface area contributed by atoms with Gasteiger partial charge in [0, 0.05) is 17.8 Å². The summed E-state index contributed by atoms with van der Waals surface area (Å²) in [7, 11) is 0. The standard InChI is InChI=1S/C25H19F2NO2/c26-22-11-20(12-23(27)14-22)21-13-24(29-16-18-7-3-1-4-8-18)25(28-15-21)30-17-19-9-5-2-6-10-19/h1-15H,16-17H2. The van der Waals surface area contributed by atoms with Gasteiger partial charge in [-0.3, -0.25) is 0 Å². The van der Waals surface area contributed by atoms with Gasteiger partial charge in [0.25, 0.3) is 5.88 Å². The van der Waals surface area contributed by atoms with Crippen molar-refractivity contribution in [3.8, 4) is 22.8 Å². The summed E-state index contributed by atoms with van der Waals surface area (Å²) in [5.41, 5.74) is 2.88. The Morgan fingerprint density at radius 3 is 1.80 bits per heavy atom. The van der Waals surface area contributed by atoms with Gasteiger partial charge >= 0.3 is 0 Å². The highest BCUT2D eigenvalue weighted by atomic mass is 19.1. The van der Waals surface area contributed by atoms with E-state index >= 15 is 0 Å². The summed E-state index contributed by atoms with van der Waals surface area (Å²) in [5, 5.41) is 0. The maximum absolute atomic E-state index is 13.7. The van der Waals surface area contributed by atoms with Crippen molar-refractivity contribution in [3.05, 3.63) is 114 Å². The molecule has 0 spiro atoms. The van der Waals surface area contributed by atoms with Crippen molar-refractivity contribution in [1.82, 2.24) is 4.98 Å². The third kappa shape index (κ3) is 5.00. The lowest BCUT2D eigenvalue weighted by Crippen LogP contribution is -2.02. The predicted octanol–water partition coefficient (Wildman–Crippen LogP) is 6.18. The number of halogens is 2. The van der Waals surface area contributed by atoms with E-state index in [-0.39, 0.29) is 0 Å². The van der Waals surface area contributed by atoms with Crippen molar-refractivity contribution in [3.63, 3.8) is 0 Å². The van der Waals surface area contributed by atoms with Crippen LogP contribution in [0.25, 0.3) is 11.1 Å². The Bertz CT molecular complexity index is 1100. The highest BCUT2D eigenvalue weighted by Gasteiger charge is 2.12. The zero-order valence-electron chi connectivity index (χ0n) is 16.1. The Morgan fingerprint density at radius 2 is 1.20 bits per heavy atom. The Labute approximate surface area is 173 Å². The summed E-state index contributed by atoms with van der Waals surface area (Å²) < 4.78 is 39.1. The molecule has 4 rings (SSSR count). The lowest BCUT2D eigenvalue weighted by molar-refractivity contribution is 0.247. The maximum Gasteiger partial charge on any atom is 0.257 e. The molecule has 0 radical (unpaired) electrons. The van der Waals surface area contributed by atoms with E-state index in [1.807, 2.05) is 60.7 Å². The summed E-state index contributed by atoms with van der Waals surface area (Å²) in [5.74, 6) is -0.588. The molecular weight excluding hydrogens is 384 g/mol. The van der Waals surface area contributed by atoms with E-state index in [1.54, 1.807) is 6.07 Å². The van der Waals surface area contributed by atoms with Crippen molar-refractivity contribution in [2.24, 2.45) is 0 Å². The normalized spacial score (nSPS) is 10.6.